The van der Waals surface area contributed by atoms with Crippen LogP contribution in [-0.4, -0.2) is 10.7 Å². The summed E-state index contributed by atoms with van der Waals surface area (Å²) in [6.45, 7) is 1.79. The standard InChI is InChI=1S/C15H18O/c1-2-10-15(16)11-8-14(9-12-15)13-6-4-3-5-7-13/h3-7,14,16H,8-9,11-12H2,1H3. The van der Waals surface area contributed by atoms with Crippen molar-refractivity contribution < 1.29 is 5.11 Å². The minimum absolute atomic E-state index is 0.597. The Labute approximate surface area is 97.5 Å². The summed E-state index contributed by atoms with van der Waals surface area (Å²) in [5.74, 6) is 6.37. The Hall–Kier alpha value is -1.26. The number of hydrogen-bond acceptors (Lipinski definition) is 1. The van der Waals surface area contributed by atoms with Crippen LogP contribution in [0.25, 0.3) is 0 Å². The Morgan fingerprint density at radius 1 is 1.19 bits per heavy atom. The first kappa shape index (κ1) is 11.2. The minimum atomic E-state index is -0.722. The van der Waals surface area contributed by atoms with Gasteiger partial charge in [0, 0.05) is 0 Å². The molecule has 0 aromatic heterocycles. The summed E-state index contributed by atoms with van der Waals surface area (Å²) < 4.78 is 0. The lowest BCUT2D eigenvalue weighted by Gasteiger charge is -2.32. The summed E-state index contributed by atoms with van der Waals surface area (Å²) in [6, 6.07) is 10.6. The lowest BCUT2D eigenvalue weighted by atomic mass is 9.76. The van der Waals surface area contributed by atoms with Gasteiger partial charge in [-0.05, 0) is 44.1 Å². The molecule has 1 aliphatic rings. The van der Waals surface area contributed by atoms with Crippen molar-refractivity contribution in [1.29, 1.82) is 0 Å². The summed E-state index contributed by atoms with van der Waals surface area (Å²) in [4.78, 5) is 0. The van der Waals surface area contributed by atoms with Gasteiger partial charge in [-0.2, -0.15) is 0 Å². The van der Waals surface area contributed by atoms with Crippen LogP contribution in [-0.2, 0) is 0 Å². The molecule has 0 radical (unpaired) electrons. The van der Waals surface area contributed by atoms with Crippen LogP contribution in [0.1, 0.15) is 44.1 Å². The molecule has 0 heterocycles. The van der Waals surface area contributed by atoms with E-state index >= 15 is 0 Å². The summed E-state index contributed by atoms with van der Waals surface area (Å²) >= 11 is 0. The molecule has 1 heteroatoms. The zero-order valence-corrected chi connectivity index (χ0v) is 9.74. The molecule has 0 atom stereocenters. The fourth-order valence-corrected chi connectivity index (χ4v) is 2.51. The van der Waals surface area contributed by atoms with Gasteiger partial charge in [-0.25, -0.2) is 0 Å². The molecule has 0 amide bonds. The SMILES string of the molecule is CC#CC1(O)CCC(c2ccccc2)CC1. The molecule has 1 N–H and O–H groups in total. The van der Waals surface area contributed by atoms with Crippen molar-refractivity contribution in [1.82, 2.24) is 0 Å². The molecule has 1 fully saturated rings. The molecule has 0 bridgehead atoms. The highest BCUT2D eigenvalue weighted by Crippen LogP contribution is 2.37. The average Bonchev–Trinajstić information content (AvgIpc) is 2.31. The highest BCUT2D eigenvalue weighted by molar-refractivity contribution is 5.22. The molecule has 2 rings (SSSR count). The van der Waals surface area contributed by atoms with Gasteiger partial charge in [0.2, 0.25) is 0 Å². The Kier molecular flexibility index (Phi) is 3.31. The zero-order chi connectivity index (χ0) is 11.4. The van der Waals surface area contributed by atoms with Gasteiger partial charge in [0.25, 0.3) is 0 Å². The van der Waals surface area contributed by atoms with Crippen LogP contribution in [0.15, 0.2) is 30.3 Å². The quantitative estimate of drug-likeness (QED) is 0.712. The first-order valence-corrected chi connectivity index (χ1v) is 5.95. The van der Waals surface area contributed by atoms with Gasteiger partial charge in [-0.1, -0.05) is 36.3 Å². The van der Waals surface area contributed by atoms with Crippen LogP contribution in [0.4, 0.5) is 0 Å². The van der Waals surface area contributed by atoms with Crippen molar-refractivity contribution in [3.63, 3.8) is 0 Å². The topological polar surface area (TPSA) is 20.2 Å². The van der Waals surface area contributed by atoms with Crippen molar-refractivity contribution in [3.8, 4) is 11.8 Å². The number of hydrogen-bond donors (Lipinski definition) is 1. The van der Waals surface area contributed by atoms with E-state index < -0.39 is 5.60 Å². The molecular weight excluding hydrogens is 196 g/mol. The van der Waals surface area contributed by atoms with E-state index in [2.05, 4.69) is 36.1 Å². The molecule has 1 aliphatic carbocycles. The number of rotatable bonds is 1. The van der Waals surface area contributed by atoms with Crippen molar-refractivity contribution in [2.24, 2.45) is 0 Å². The third kappa shape index (κ3) is 2.46. The van der Waals surface area contributed by atoms with Crippen LogP contribution >= 0.6 is 0 Å². The van der Waals surface area contributed by atoms with E-state index in [0.717, 1.165) is 25.7 Å². The van der Waals surface area contributed by atoms with Gasteiger partial charge in [-0.15, -0.1) is 5.92 Å². The van der Waals surface area contributed by atoms with E-state index in [1.807, 2.05) is 6.07 Å². The van der Waals surface area contributed by atoms with Gasteiger partial charge in [0.1, 0.15) is 5.60 Å². The van der Waals surface area contributed by atoms with Crippen LogP contribution in [0.5, 0.6) is 0 Å². The van der Waals surface area contributed by atoms with Crippen molar-refractivity contribution in [2.75, 3.05) is 0 Å². The average molecular weight is 214 g/mol. The van der Waals surface area contributed by atoms with E-state index in [1.54, 1.807) is 6.92 Å². The lowest BCUT2D eigenvalue weighted by molar-refractivity contribution is 0.0548. The Balaban J connectivity index is 2.02. The van der Waals surface area contributed by atoms with E-state index in [0.29, 0.717) is 5.92 Å². The van der Waals surface area contributed by atoms with Crippen molar-refractivity contribution >= 4 is 0 Å². The van der Waals surface area contributed by atoms with Crippen LogP contribution in [0.2, 0.25) is 0 Å². The largest absolute Gasteiger partial charge is 0.378 e. The molecule has 1 aromatic carbocycles. The van der Waals surface area contributed by atoms with Crippen LogP contribution in [0.3, 0.4) is 0 Å². The Morgan fingerprint density at radius 3 is 2.38 bits per heavy atom. The minimum Gasteiger partial charge on any atom is -0.378 e. The molecule has 1 saturated carbocycles. The molecule has 0 aliphatic heterocycles. The lowest BCUT2D eigenvalue weighted by Crippen LogP contribution is -2.31. The van der Waals surface area contributed by atoms with Crippen LogP contribution < -0.4 is 0 Å². The predicted molar refractivity (Wildman–Crippen MR) is 66.1 cm³/mol. The Bertz CT molecular complexity index is 388. The highest BCUT2D eigenvalue weighted by atomic mass is 16.3. The van der Waals surface area contributed by atoms with E-state index in [9.17, 15) is 5.11 Å². The molecule has 16 heavy (non-hydrogen) atoms. The third-order valence-electron chi connectivity index (χ3n) is 3.44. The fraction of sp³-hybridized carbons (Fsp3) is 0.467. The first-order chi connectivity index (χ1) is 7.73. The molecule has 1 nitrogen and oxygen atoms in total. The van der Waals surface area contributed by atoms with Gasteiger partial charge in [0.15, 0.2) is 0 Å². The van der Waals surface area contributed by atoms with E-state index in [-0.39, 0.29) is 0 Å². The number of benzene rings is 1. The second kappa shape index (κ2) is 4.72. The maximum absolute atomic E-state index is 10.2. The van der Waals surface area contributed by atoms with Gasteiger partial charge in [0.05, 0.1) is 0 Å². The monoisotopic (exact) mass is 214 g/mol. The zero-order valence-electron chi connectivity index (χ0n) is 9.74. The fourth-order valence-electron chi connectivity index (χ4n) is 2.51. The maximum atomic E-state index is 10.2. The summed E-state index contributed by atoms with van der Waals surface area (Å²) in [5, 5.41) is 10.2. The highest BCUT2D eigenvalue weighted by Gasteiger charge is 2.31. The molecular formula is C15H18O. The van der Waals surface area contributed by atoms with Crippen molar-refractivity contribution in [3.05, 3.63) is 35.9 Å². The van der Waals surface area contributed by atoms with E-state index in [1.165, 1.54) is 5.56 Å². The van der Waals surface area contributed by atoms with Crippen LogP contribution in [0, 0.1) is 11.8 Å². The molecule has 0 unspecified atom stereocenters. The molecule has 0 spiro atoms. The predicted octanol–water partition coefficient (Wildman–Crippen LogP) is 3.10. The third-order valence-corrected chi connectivity index (χ3v) is 3.44. The summed E-state index contributed by atoms with van der Waals surface area (Å²) in [5.41, 5.74) is 0.675. The smallest absolute Gasteiger partial charge is 0.125 e. The molecule has 1 aromatic rings. The summed E-state index contributed by atoms with van der Waals surface area (Å²) in [7, 11) is 0. The first-order valence-electron chi connectivity index (χ1n) is 5.95. The molecule has 84 valence electrons. The maximum Gasteiger partial charge on any atom is 0.125 e. The van der Waals surface area contributed by atoms with E-state index in [4.69, 9.17) is 0 Å². The van der Waals surface area contributed by atoms with Gasteiger partial charge in [-0.3, -0.25) is 0 Å². The second-order valence-corrected chi connectivity index (χ2v) is 4.59. The summed E-state index contributed by atoms with van der Waals surface area (Å²) in [6.07, 6.45) is 3.67. The van der Waals surface area contributed by atoms with Gasteiger partial charge < -0.3 is 5.11 Å². The number of aliphatic hydroxyl groups is 1. The van der Waals surface area contributed by atoms with Crippen molar-refractivity contribution in [2.45, 2.75) is 44.1 Å². The second-order valence-electron chi connectivity index (χ2n) is 4.59. The molecule has 0 saturated heterocycles. The Morgan fingerprint density at radius 2 is 1.81 bits per heavy atom. The van der Waals surface area contributed by atoms with Gasteiger partial charge >= 0.3 is 0 Å². The normalized spacial score (nSPS) is 29.2.